The van der Waals surface area contributed by atoms with Gasteiger partial charge >= 0.3 is 0 Å². The van der Waals surface area contributed by atoms with Crippen molar-refractivity contribution in [3.05, 3.63) is 107 Å². The van der Waals surface area contributed by atoms with Gasteiger partial charge in [0, 0.05) is 46.0 Å². The van der Waals surface area contributed by atoms with Crippen LogP contribution in [0.2, 0.25) is 5.02 Å². The molecule has 0 bridgehead atoms. The molecule has 1 aliphatic rings. The molecule has 40 heavy (non-hydrogen) atoms. The zero-order valence-corrected chi connectivity index (χ0v) is 23.2. The van der Waals surface area contributed by atoms with Crippen molar-refractivity contribution < 1.29 is 14.0 Å². The van der Waals surface area contributed by atoms with Crippen LogP contribution >= 0.6 is 11.6 Å². The van der Waals surface area contributed by atoms with Gasteiger partial charge in [-0.05, 0) is 67.3 Å². The van der Waals surface area contributed by atoms with Gasteiger partial charge in [-0.3, -0.25) is 9.59 Å². The Labute approximate surface area is 238 Å². The summed E-state index contributed by atoms with van der Waals surface area (Å²) in [6, 6.07) is 24.3. The predicted molar refractivity (Wildman–Crippen MR) is 158 cm³/mol. The maximum Gasteiger partial charge on any atom is 0.290 e. The molecule has 0 radical (unpaired) electrons. The normalized spacial score (nSPS) is 14.6. The third-order valence-electron chi connectivity index (χ3n) is 7.98. The van der Waals surface area contributed by atoms with E-state index in [9.17, 15) is 9.59 Å². The largest absolute Gasteiger partial charge is 0.459 e. The molecule has 6 nitrogen and oxygen atoms in total. The third-order valence-corrected chi connectivity index (χ3v) is 8.35. The standard InChI is InChI=1S/C33H32ClN3O3/c1-2-36-28-15-8-6-13-25(28)26-20-22(17-18-29(26)36)31(32(38)35-24-11-4-5-12-24)37(33(39)30-16-9-19-40-30)21-23-10-3-7-14-27(23)34/h3,6-10,13-20,24,31H,2,4-5,11-12,21H2,1H3,(H,35,38). The molecule has 0 saturated heterocycles. The van der Waals surface area contributed by atoms with Gasteiger partial charge < -0.3 is 19.2 Å². The number of amides is 2. The van der Waals surface area contributed by atoms with Gasteiger partial charge in [-0.15, -0.1) is 0 Å². The average molecular weight is 554 g/mol. The highest BCUT2D eigenvalue weighted by atomic mass is 35.5. The number of hydrogen-bond donors (Lipinski definition) is 1. The lowest BCUT2D eigenvalue weighted by Crippen LogP contribution is -2.45. The zero-order chi connectivity index (χ0) is 27.6. The number of nitrogens with zero attached hydrogens (tertiary/aromatic N) is 2. The summed E-state index contributed by atoms with van der Waals surface area (Å²) in [5, 5.41) is 5.97. The number of benzene rings is 3. The summed E-state index contributed by atoms with van der Waals surface area (Å²) >= 11 is 6.56. The summed E-state index contributed by atoms with van der Waals surface area (Å²) in [7, 11) is 0. The molecule has 204 valence electrons. The summed E-state index contributed by atoms with van der Waals surface area (Å²) in [4.78, 5) is 29.8. The monoisotopic (exact) mass is 553 g/mol. The summed E-state index contributed by atoms with van der Waals surface area (Å²) in [5.74, 6) is -0.389. The van der Waals surface area contributed by atoms with Crippen LogP contribution in [0, 0.1) is 0 Å². The quantitative estimate of drug-likeness (QED) is 0.216. The molecule has 1 aliphatic carbocycles. The second-order valence-electron chi connectivity index (χ2n) is 10.4. The van der Waals surface area contributed by atoms with Crippen LogP contribution in [-0.2, 0) is 17.9 Å². The molecule has 2 amide bonds. The molecular formula is C33H32ClN3O3. The summed E-state index contributed by atoms with van der Waals surface area (Å²) < 4.78 is 7.81. The maximum absolute atomic E-state index is 14.2. The fourth-order valence-corrected chi connectivity index (χ4v) is 6.23. The topological polar surface area (TPSA) is 67.5 Å². The van der Waals surface area contributed by atoms with Crippen molar-refractivity contribution in [3.63, 3.8) is 0 Å². The van der Waals surface area contributed by atoms with Crippen LogP contribution in [0.25, 0.3) is 21.8 Å². The summed E-state index contributed by atoms with van der Waals surface area (Å²) in [5.41, 5.74) is 3.74. The van der Waals surface area contributed by atoms with Gasteiger partial charge in [0.2, 0.25) is 5.91 Å². The van der Waals surface area contributed by atoms with Crippen molar-refractivity contribution in [1.82, 2.24) is 14.8 Å². The molecule has 3 aromatic carbocycles. The minimum atomic E-state index is -0.886. The van der Waals surface area contributed by atoms with E-state index >= 15 is 0 Å². The first-order chi connectivity index (χ1) is 19.5. The van der Waals surface area contributed by atoms with Crippen molar-refractivity contribution >= 4 is 45.2 Å². The van der Waals surface area contributed by atoms with Crippen LogP contribution < -0.4 is 5.32 Å². The second kappa shape index (κ2) is 11.2. The fourth-order valence-electron chi connectivity index (χ4n) is 6.04. The number of carbonyl (C=O) groups excluding carboxylic acids is 2. The van der Waals surface area contributed by atoms with Gasteiger partial charge in [0.25, 0.3) is 5.91 Å². The van der Waals surface area contributed by atoms with Crippen LogP contribution in [0.4, 0.5) is 0 Å². The molecule has 6 rings (SSSR count). The van der Waals surface area contributed by atoms with Gasteiger partial charge in [-0.1, -0.05) is 66.9 Å². The number of aryl methyl sites for hydroxylation is 1. The van der Waals surface area contributed by atoms with Crippen LogP contribution in [0.5, 0.6) is 0 Å². The molecule has 2 heterocycles. The summed E-state index contributed by atoms with van der Waals surface area (Å²) in [6.07, 6.45) is 5.54. The molecule has 1 saturated carbocycles. The molecule has 7 heteroatoms. The zero-order valence-electron chi connectivity index (χ0n) is 22.5. The number of furan rings is 1. The molecule has 5 aromatic rings. The minimum absolute atomic E-state index is 0.0987. The Morgan fingerprint density at radius 3 is 2.48 bits per heavy atom. The van der Waals surface area contributed by atoms with Crippen LogP contribution in [0.3, 0.4) is 0 Å². The van der Waals surface area contributed by atoms with E-state index in [1.165, 1.54) is 6.26 Å². The van der Waals surface area contributed by atoms with E-state index in [1.807, 2.05) is 36.4 Å². The first-order valence-corrected chi connectivity index (χ1v) is 14.3. The lowest BCUT2D eigenvalue weighted by Gasteiger charge is -2.32. The number of nitrogens with one attached hydrogen (secondary N) is 1. The van der Waals surface area contributed by atoms with E-state index < -0.39 is 6.04 Å². The minimum Gasteiger partial charge on any atom is -0.459 e. The lowest BCUT2D eigenvalue weighted by molar-refractivity contribution is -0.126. The molecule has 2 aromatic heterocycles. The number of aromatic nitrogens is 1. The van der Waals surface area contributed by atoms with Crippen LogP contribution in [0.15, 0.2) is 89.5 Å². The Bertz CT molecular complexity index is 1670. The first-order valence-electron chi connectivity index (χ1n) is 13.9. The number of para-hydroxylation sites is 1. The molecule has 1 fully saturated rings. The molecule has 1 unspecified atom stereocenters. The van der Waals surface area contributed by atoms with E-state index in [4.69, 9.17) is 16.0 Å². The van der Waals surface area contributed by atoms with E-state index in [-0.39, 0.29) is 30.2 Å². The van der Waals surface area contributed by atoms with Gasteiger partial charge in [0.1, 0.15) is 6.04 Å². The molecular weight excluding hydrogens is 522 g/mol. The van der Waals surface area contributed by atoms with E-state index in [1.54, 1.807) is 23.1 Å². The fraction of sp³-hybridized carbons (Fsp3) is 0.273. The highest BCUT2D eigenvalue weighted by molar-refractivity contribution is 6.31. The number of halogens is 1. The van der Waals surface area contributed by atoms with Gasteiger partial charge in [0.05, 0.1) is 6.26 Å². The number of hydrogen-bond acceptors (Lipinski definition) is 3. The van der Waals surface area contributed by atoms with E-state index in [2.05, 4.69) is 41.1 Å². The van der Waals surface area contributed by atoms with Crippen molar-refractivity contribution in [3.8, 4) is 0 Å². The predicted octanol–water partition coefficient (Wildman–Crippen LogP) is 7.50. The number of rotatable bonds is 8. The number of fused-ring (bicyclic) bond motifs is 3. The smallest absolute Gasteiger partial charge is 0.290 e. The average Bonchev–Trinajstić information content (AvgIpc) is 3.74. The molecule has 0 spiro atoms. The first kappa shape index (κ1) is 26.2. The molecule has 1 atom stereocenters. The Balaban J connectivity index is 1.51. The van der Waals surface area contributed by atoms with Gasteiger partial charge in [0.15, 0.2) is 5.76 Å². The number of carbonyl (C=O) groups is 2. The summed E-state index contributed by atoms with van der Waals surface area (Å²) in [6.45, 7) is 3.10. The van der Waals surface area contributed by atoms with E-state index in [0.29, 0.717) is 5.02 Å². The Kier molecular flexibility index (Phi) is 7.35. The van der Waals surface area contributed by atoms with Crippen molar-refractivity contribution in [1.29, 1.82) is 0 Å². The van der Waals surface area contributed by atoms with Gasteiger partial charge in [-0.2, -0.15) is 0 Å². The van der Waals surface area contributed by atoms with Crippen molar-refractivity contribution in [2.24, 2.45) is 0 Å². The third kappa shape index (κ3) is 4.88. The second-order valence-corrected chi connectivity index (χ2v) is 10.8. The highest BCUT2D eigenvalue weighted by Gasteiger charge is 2.35. The highest BCUT2D eigenvalue weighted by Crippen LogP contribution is 2.35. The molecule has 0 aliphatic heterocycles. The van der Waals surface area contributed by atoms with Crippen LogP contribution in [0.1, 0.15) is 60.3 Å². The maximum atomic E-state index is 14.2. The SMILES string of the molecule is CCn1c2ccccc2c2cc(C(C(=O)NC3CCCC3)N(Cc3ccccc3Cl)C(=O)c3ccco3)ccc21. The van der Waals surface area contributed by atoms with Gasteiger partial charge in [-0.25, -0.2) is 0 Å². The lowest BCUT2D eigenvalue weighted by atomic mass is 9.99. The Morgan fingerprint density at radius 1 is 0.975 bits per heavy atom. The van der Waals surface area contributed by atoms with Crippen molar-refractivity contribution in [2.45, 2.75) is 57.8 Å². The Hall–Kier alpha value is -4.03. The van der Waals surface area contributed by atoms with Crippen LogP contribution in [-0.4, -0.2) is 27.3 Å². The van der Waals surface area contributed by atoms with E-state index in [0.717, 1.165) is 65.2 Å². The Morgan fingerprint density at radius 2 is 1.73 bits per heavy atom. The molecule has 1 N–H and O–H groups in total. The van der Waals surface area contributed by atoms with Crippen molar-refractivity contribution in [2.75, 3.05) is 0 Å².